The van der Waals surface area contributed by atoms with Gasteiger partial charge in [-0.05, 0) is 47.0 Å². The Kier molecular flexibility index (Phi) is 8.90. The Labute approximate surface area is 233 Å². The van der Waals surface area contributed by atoms with Crippen molar-refractivity contribution in [1.82, 2.24) is 0 Å². The van der Waals surface area contributed by atoms with E-state index in [1.807, 2.05) is 0 Å². The summed E-state index contributed by atoms with van der Waals surface area (Å²) in [5.74, 6) is -16.4. The van der Waals surface area contributed by atoms with E-state index in [9.17, 15) is 59.4 Å². The summed E-state index contributed by atoms with van der Waals surface area (Å²) in [6.07, 6.45) is -6.00. The van der Waals surface area contributed by atoms with Crippen molar-refractivity contribution in [2.24, 2.45) is 5.92 Å². The molecule has 42 heavy (non-hydrogen) atoms. The molecule has 0 aromatic heterocycles. The summed E-state index contributed by atoms with van der Waals surface area (Å²) in [4.78, 5) is 72.3. The second-order valence-corrected chi connectivity index (χ2v) is 8.96. The van der Waals surface area contributed by atoms with Gasteiger partial charge in [0.25, 0.3) is 0 Å². The SMILES string of the molecule is O=C(O)C[C@H](OC(=O)C1=Cc2cc(O)c(O)cc2[C@@H](c2ccc(O)c(O)c2)[C@@H]1C(=O)O[C@H](CC(=O)O)C(=O)O)C(=O)O. The molecular formula is C26H22O16. The zero-order chi connectivity index (χ0) is 31.5. The number of esters is 2. The van der Waals surface area contributed by atoms with Crippen LogP contribution in [-0.4, -0.2) is 88.9 Å². The van der Waals surface area contributed by atoms with E-state index >= 15 is 0 Å². The van der Waals surface area contributed by atoms with E-state index in [-0.39, 0.29) is 16.7 Å². The molecule has 2 aromatic carbocycles. The lowest BCUT2D eigenvalue weighted by Crippen LogP contribution is -2.39. The van der Waals surface area contributed by atoms with Gasteiger partial charge in [0, 0.05) is 5.92 Å². The number of carbonyl (C=O) groups excluding carboxylic acids is 2. The van der Waals surface area contributed by atoms with E-state index in [0.29, 0.717) is 0 Å². The fourth-order valence-electron chi connectivity index (χ4n) is 4.26. The monoisotopic (exact) mass is 590 g/mol. The zero-order valence-electron chi connectivity index (χ0n) is 21.0. The number of aromatic hydroxyl groups is 4. The molecule has 3 rings (SSSR count). The van der Waals surface area contributed by atoms with E-state index in [0.717, 1.165) is 30.3 Å². The van der Waals surface area contributed by atoms with Crippen LogP contribution < -0.4 is 0 Å². The maximum atomic E-state index is 13.5. The Hall–Kier alpha value is -5.80. The number of fused-ring (bicyclic) bond motifs is 1. The van der Waals surface area contributed by atoms with E-state index < -0.39 is 101 Å². The third kappa shape index (κ3) is 6.67. The molecule has 0 radical (unpaired) electrons. The first kappa shape index (κ1) is 30.7. The summed E-state index contributed by atoms with van der Waals surface area (Å²) < 4.78 is 9.78. The number of phenols is 4. The van der Waals surface area contributed by atoms with Gasteiger partial charge in [0.15, 0.2) is 23.0 Å². The molecule has 0 amide bonds. The van der Waals surface area contributed by atoms with Crippen molar-refractivity contribution in [2.75, 3.05) is 0 Å². The molecule has 1 aliphatic rings. The average molecular weight is 590 g/mol. The molecule has 16 nitrogen and oxygen atoms in total. The van der Waals surface area contributed by atoms with Crippen LogP contribution >= 0.6 is 0 Å². The molecule has 8 N–H and O–H groups in total. The molecule has 0 bridgehead atoms. The minimum atomic E-state index is -2.27. The normalized spacial score (nSPS) is 17.1. The lowest BCUT2D eigenvalue weighted by Gasteiger charge is -2.33. The van der Waals surface area contributed by atoms with Crippen LogP contribution in [0.15, 0.2) is 35.9 Å². The molecule has 0 saturated heterocycles. The van der Waals surface area contributed by atoms with Crippen LogP contribution in [0.5, 0.6) is 23.0 Å². The van der Waals surface area contributed by atoms with Crippen molar-refractivity contribution >= 4 is 41.9 Å². The van der Waals surface area contributed by atoms with Gasteiger partial charge < -0.3 is 50.3 Å². The van der Waals surface area contributed by atoms with Gasteiger partial charge in [0.2, 0.25) is 12.2 Å². The number of carboxylic acid groups (broad SMARTS) is 4. The number of phenolic OH excluding ortho intramolecular Hbond substituents is 4. The number of benzene rings is 2. The van der Waals surface area contributed by atoms with E-state index in [1.165, 1.54) is 6.07 Å². The van der Waals surface area contributed by atoms with E-state index in [1.54, 1.807) is 0 Å². The van der Waals surface area contributed by atoms with Gasteiger partial charge in [-0.3, -0.25) is 14.4 Å². The largest absolute Gasteiger partial charge is 0.504 e. The molecule has 16 heteroatoms. The summed E-state index contributed by atoms with van der Waals surface area (Å²) in [6, 6.07) is 5.01. The maximum absolute atomic E-state index is 13.5. The average Bonchev–Trinajstić information content (AvgIpc) is 2.88. The summed E-state index contributed by atoms with van der Waals surface area (Å²) in [6.45, 7) is 0. The minimum absolute atomic E-state index is 0.0284. The molecule has 1 aliphatic carbocycles. The molecule has 0 unspecified atom stereocenters. The summed E-state index contributed by atoms with van der Waals surface area (Å²) in [5.41, 5.74) is -0.905. The standard InChI is InChI=1S/C26H22O16/c27-13-2-1-9(4-14(13)28)21-11-6-16(30)15(29)5-10(11)3-12(25(39)41-17(23(35)36)7-19(31)32)22(21)26(40)42-18(24(37)38)8-20(33)34/h1-6,17-18,21-22,27-30H,7-8H2,(H,31,32)(H,33,34)(H,35,36)(H,37,38)/t17-,18+,21+,22+/m0/s1. The first-order valence-electron chi connectivity index (χ1n) is 11.7. The molecular weight excluding hydrogens is 568 g/mol. The summed E-state index contributed by atoms with van der Waals surface area (Å²) in [5, 5.41) is 77.0. The smallest absolute Gasteiger partial charge is 0.345 e. The molecule has 222 valence electrons. The highest BCUT2D eigenvalue weighted by atomic mass is 16.6. The Balaban J connectivity index is 2.26. The predicted octanol–water partition coefficient (Wildman–Crippen LogP) is 0.596. The fourth-order valence-corrected chi connectivity index (χ4v) is 4.26. The van der Waals surface area contributed by atoms with Gasteiger partial charge in [0.1, 0.15) is 0 Å². The van der Waals surface area contributed by atoms with Gasteiger partial charge in [-0.25, -0.2) is 14.4 Å². The first-order chi connectivity index (χ1) is 19.6. The number of rotatable bonds is 11. The van der Waals surface area contributed by atoms with Crippen LogP contribution in [0.1, 0.15) is 35.4 Å². The lowest BCUT2D eigenvalue weighted by atomic mass is 9.71. The summed E-state index contributed by atoms with van der Waals surface area (Å²) in [7, 11) is 0. The van der Waals surface area contributed by atoms with Gasteiger partial charge in [-0.15, -0.1) is 0 Å². The van der Waals surface area contributed by atoms with Gasteiger partial charge in [-0.2, -0.15) is 0 Å². The van der Waals surface area contributed by atoms with Crippen LogP contribution in [0.2, 0.25) is 0 Å². The molecule has 0 saturated carbocycles. The number of carboxylic acids is 4. The fraction of sp³-hybridized carbons (Fsp3) is 0.231. The maximum Gasteiger partial charge on any atom is 0.345 e. The Morgan fingerprint density at radius 3 is 1.74 bits per heavy atom. The lowest BCUT2D eigenvalue weighted by molar-refractivity contribution is -0.171. The minimum Gasteiger partial charge on any atom is -0.504 e. The van der Waals surface area contributed by atoms with E-state index in [2.05, 4.69) is 0 Å². The van der Waals surface area contributed by atoms with Gasteiger partial charge in [0.05, 0.1) is 24.3 Å². The van der Waals surface area contributed by atoms with Crippen molar-refractivity contribution in [3.8, 4) is 23.0 Å². The topological polar surface area (TPSA) is 283 Å². The molecule has 2 aromatic rings. The van der Waals surface area contributed by atoms with Gasteiger partial charge in [-0.1, -0.05) is 6.07 Å². The van der Waals surface area contributed by atoms with Crippen molar-refractivity contribution in [3.63, 3.8) is 0 Å². The van der Waals surface area contributed by atoms with Crippen LogP contribution in [0.4, 0.5) is 0 Å². The molecule has 0 fully saturated rings. The van der Waals surface area contributed by atoms with Crippen molar-refractivity contribution in [1.29, 1.82) is 0 Å². The van der Waals surface area contributed by atoms with Crippen molar-refractivity contribution < 1.29 is 79.1 Å². The third-order valence-electron chi connectivity index (χ3n) is 6.12. The van der Waals surface area contributed by atoms with Crippen LogP contribution in [-0.2, 0) is 38.2 Å². The highest BCUT2D eigenvalue weighted by Gasteiger charge is 2.45. The summed E-state index contributed by atoms with van der Waals surface area (Å²) >= 11 is 0. The number of carbonyl (C=O) groups is 6. The number of hydrogen-bond acceptors (Lipinski definition) is 12. The number of hydrogen-bond donors (Lipinski definition) is 8. The molecule has 0 spiro atoms. The van der Waals surface area contributed by atoms with E-state index in [4.69, 9.17) is 19.7 Å². The van der Waals surface area contributed by atoms with Crippen molar-refractivity contribution in [3.05, 3.63) is 52.6 Å². The molecule has 0 heterocycles. The van der Waals surface area contributed by atoms with Crippen LogP contribution in [0.3, 0.4) is 0 Å². The highest BCUT2D eigenvalue weighted by Crippen LogP contribution is 2.48. The Morgan fingerprint density at radius 2 is 1.21 bits per heavy atom. The second kappa shape index (κ2) is 12.2. The second-order valence-electron chi connectivity index (χ2n) is 8.96. The molecule has 0 aliphatic heterocycles. The van der Waals surface area contributed by atoms with Gasteiger partial charge >= 0.3 is 35.8 Å². The highest BCUT2D eigenvalue weighted by molar-refractivity contribution is 6.03. The van der Waals surface area contributed by atoms with Crippen LogP contribution in [0, 0.1) is 5.92 Å². The number of ether oxygens (including phenoxy) is 2. The molecule has 4 atom stereocenters. The quantitative estimate of drug-likeness (QED) is 0.131. The Morgan fingerprint density at radius 1 is 0.690 bits per heavy atom. The predicted molar refractivity (Wildman–Crippen MR) is 132 cm³/mol. The van der Waals surface area contributed by atoms with Crippen LogP contribution in [0.25, 0.3) is 6.08 Å². The third-order valence-corrected chi connectivity index (χ3v) is 6.12. The first-order valence-corrected chi connectivity index (χ1v) is 11.7. The van der Waals surface area contributed by atoms with Crippen molar-refractivity contribution in [2.45, 2.75) is 31.0 Å². The zero-order valence-corrected chi connectivity index (χ0v) is 21.0. The Bertz CT molecular complexity index is 1510. The number of aliphatic carboxylic acids is 4.